The van der Waals surface area contributed by atoms with Crippen LogP contribution in [0.2, 0.25) is 0 Å². The molecule has 2 aromatic carbocycles. The van der Waals surface area contributed by atoms with Gasteiger partial charge in [-0.3, -0.25) is 0 Å². The summed E-state index contributed by atoms with van der Waals surface area (Å²) in [5, 5.41) is 9.04. The molecule has 0 unspecified atom stereocenters. The molecule has 5 heteroatoms. The van der Waals surface area contributed by atoms with Gasteiger partial charge in [-0.15, -0.1) is 0 Å². The number of nitrogens with one attached hydrogen (secondary N) is 2. The molecule has 4 rings (SSSR count). The van der Waals surface area contributed by atoms with Crippen molar-refractivity contribution in [3.8, 4) is 11.5 Å². The zero-order chi connectivity index (χ0) is 19.3. The zero-order valence-corrected chi connectivity index (χ0v) is 16.5. The van der Waals surface area contributed by atoms with Crippen LogP contribution < -0.4 is 20.1 Å². The third-order valence-electron chi connectivity index (χ3n) is 5.25. The van der Waals surface area contributed by atoms with Crippen molar-refractivity contribution in [2.24, 2.45) is 0 Å². The molecule has 1 aromatic heterocycles. The van der Waals surface area contributed by atoms with Gasteiger partial charge < -0.3 is 20.1 Å². The van der Waals surface area contributed by atoms with E-state index in [9.17, 15) is 0 Å². The molecule has 2 heterocycles. The van der Waals surface area contributed by atoms with E-state index in [4.69, 9.17) is 9.47 Å². The molecule has 2 N–H and O–H groups in total. The summed E-state index contributed by atoms with van der Waals surface area (Å²) in [4.78, 5) is 4.58. The van der Waals surface area contributed by atoms with Crippen LogP contribution in [0, 0.1) is 0 Å². The summed E-state index contributed by atoms with van der Waals surface area (Å²) in [6.45, 7) is 4.17. The smallest absolute Gasteiger partial charge is 0.130 e. The number of ether oxygens (including phenoxy) is 2. The van der Waals surface area contributed by atoms with Gasteiger partial charge in [-0.05, 0) is 74.1 Å². The molecule has 0 bridgehead atoms. The van der Waals surface area contributed by atoms with Crippen LogP contribution in [0.15, 0.2) is 48.7 Å². The van der Waals surface area contributed by atoms with Gasteiger partial charge in [0.1, 0.15) is 23.4 Å². The lowest BCUT2D eigenvalue weighted by molar-refractivity contribution is 0.162. The molecule has 0 atom stereocenters. The average Bonchev–Trinajstić information content (AvgIpc) is 2.74. The number of rotatable bonds is 6. The summed E-state index contributed by atoms with van der Waals surface area (Å²) in [6.07, 6.45) is 5.18. The highest BCUT2D eigenvalue weighted by molar-refractivity contribution is 5.86. The number of hydrogen-bond donors (Lipinski definition) is 2. The van der Waals surface area contributed by atoms with Crippen LogP contribution in [0.4, 0.5) is 11.5 Å². The molecule has 3 aromatic rings. The fraction of sp³-hybridized carbons (Fsp3) is 0.348. The van der Waals surface area contributed by atoms with Gasteiger partial charge in [0, 0.05) is 22.8 Å². The van der Waals surface area contributed by atoms with Crippen LogP contribution in [0.3, 0.4) is 0 Å². The molecule has 0 radical (unpaired) electrons. The Balaban J connectivity index is 1.58. The molecule has 0 saturated carbocycles. The fourth-order valence-electron chi connectivity index (χ4n) is 3.74. The topological polar surface area (TPSA) is 55.4 Å². The highest BCUT2D eigenvalue weighted by Crippen LogP contribution is 2.30. The number of anilines is 2. The molecule has 5 nitrogen and oxygen atoms in total. The van der Waals surface area contributed by atoms with E-state index in [2.05, 4.69) is 46.8 Å². The van der Waals surface area contributed by atoms with Crippen molar-refractivity contribution in [2.75, 3.05) is 25.5 Å². The Morgan fingerprint density at radius 1 is 1.11 bits per heavy atom. The van der Waals surface area contributed by atoms with E-state index in [0.717, 1.165) is 71.7 Å². The van der Waals surface area contributed by atoms with Crippen LogP contribution in [0.5, 0.6) is 11.5 Å². The quantitative estimate of drug-likeness (QED) is 0.653. The van der Waals surface area contributed by atoms with Crippen molar-refractivity contribution in [3.05, 3.63) is 54.2 Å². The van der Waals surface area contributed by atoms with Gasteiger partial charge in [-0.2, -0.15) is 0 Å². The minimum atomic E-state index is 0.294. The summed E-state index contributed by atoms with van der Waals surface area (Å²) in [6, 6.07) is 14.3. The Hall–Kier alpha value is -2.79. The first-order valence-corrected chi connectivity index (χ1v) is 9.97. The van der Waals surface area contributed by atoms with Gasteiger partial charge in [-0.1, -0.05) is 13.0 Å². The van der Waals surface area contributed by atoms with E-state index in [1.165, 1.54) is 0 Å². The summed E-state index contributed by atoms with van der Waals surface area (Å²) in [7, 11) is 1.70. The van der Waals surface area contributed by atoms with Crippen LogP contribution >= 0.6 is 0 Å². The Labute approximate surface area is 166 Å². The Morgan fingerprint density at radius 2 is 1.96 bits per heavy atom. The Kier molecular flexibility index (Phi) is 5.63. The van der Waals surface area contributed by atoms with Crippen molar-refractivity contribution in [2.45, 2.75) is 32.3 Å². The number of piperidine rings is 1. The molecule has 1 aliphatic heterocycles. The molecule has 146 valence electrons. The van der Waals surface area contributed by atoms with Gasteiger partial charge in [0.15, 0.2) is 0 Å². The first kappa shape index (κ1) is 18.6. The molecule has 28 heavy (non-hydrogen) atoms. The molecule has 0 amide bonds. The third kappa shape index (κ3) is 4.04. The van der Waals surface area contributed by atoms with Gasteiger partial charge in [-0.25, -0.2) is 4.98 Å². The monoisotopic (exact) mass is 377 g/mol. The lowest BCUT2D eigenvalue weighted by atomic mass is 10.1. The largest absolute Gasteiger partial charge is 0.496 e. The summed E-state index contributed by atoms with van der Waals surface area (Å²) in [5.41, 5.74) is 2.17. The molecule has 0 aliphatic carbocycles. The van der Waals surface area contributed by atoms with Crippen LogP contribution in [0.1, 0.15) is 25.3 Å². The molecule has 1 aliphatic rings. The maximum absolute atomic E-state index is 6.19. The molecule has 0 spiro atoms. The zero-order valence-electron chi connectivity index (χ0n) is 16.5. The second-order valence-corrected chi connectivity index (χ2v) is 7.11. The number of pyridine rings is 1. The maximum atomic E-state index is 6.19. The summed E-state index contributed by atoms with van der Waals surface area (Å²) >= 11 is 0. The van der Waals surface area contributed by atoms with Crippen LogP contribution in [0.25, 0.3) is 10.8 Å². The maximum Gasteiger partial charge on any atom is 0.130 e. The minimum absolute atomic E-state index is 0.294. The predicted octanol–water partition coefficient (Wildman–Crippen LogP) is 4.68. The molecular formula is C23H27N3O2. The molecular weight excluding hydrogens is 350 g/mol. The Bertz CT molecular complexity index is 952. The van der Waals surface area contributed by atoms with Crippen molar-refractivity contribution in [1.82, 2.24) is 10.3 Å². The average molecular weight is 377 g/mol. The second-order valence-electron chi connectivity index (χ2n) is 7.11. The highest BCUT2D eigenvalue weighted by atomic mass is 16.5. The van der Waals surface area contributed by atoms with Crippen molar-refractivity contribution in [3.63, 3.8) is 0 Å². The van der Waals surface area contributed by atoms with E-state index >= 15 is 0 Å². The number of benzene rings is 2. The number of nitrogens with zero attached hydrogens (tertiary/aromatic N) is 1. The SMILES string of the molecule is CCc1c(Nc2cc3cc(OC4CCNCC4)ccc3cn2)cccc1OC. The molecule has 1 fully saturated rings. The number of hydrogen-bond acceptors (Lipinski definition) is 5. The number of fused-ring (bicyclic) bond motifs is 1. The van der Waals surface area contributed by atoms with E-state index in [0.29, 0.717) is 6.10 Å². The lowest BCUT2D eigenvalue weighted by Gasteiger charge is -2.24. The van der Waals surface area contributed by atoms with E-state index < -0.39 is 0 Å². The normalized spacial score (nSPS) is 14.8. The number of methoxy groups -OCH3 is 1. The van der Waals surface area contributed by atoms with Crippen LogP contribution in [-0.2, 0) is 6.42 Å². The van der Waals surface area contributed by atoms with E-state index in [-0.39, 0.29) is 0 Å². The van der Waals surface area contributed by atoms with Crippen LogP contribution in [-0.4, -0.2) is 31.3 Å². The van der Waals surface area contributed by atoms with Gasteiger partial charge >= 0.3 is 0 Å². The van der Waals surface area contributed by atoms with Crippen molar-refractivity contribution >= 4 is 22.3 Å². The highest BCUT2D eigenvalue weighted by Gasteiger charge is 2.14. The fourth-order valence-corrected chi connectivity index (χ4v) is 3.74. The summed E-state index contributed by atoms with van der Waals surface area (Å²) in [5.74, 6) is 2.63. The Morgan fingerprint density at radius 3 is 2.75 bits per heavy atom. The molecule has 1 saturated heterocycles. The second kappa shape index (κ2) is 8.48. The van der Waals surface area contributed by atoms with E-state index in [1.54, 1.807) is 7.11 Å². The predicted molar refractivity (Wildman–Crippen MR) is 114 cm³/mol. The minimum Gasteiger partial charge on any atom is -0.496 e. The van der Waals surface area contributed by atoms with Crippen molar-refractivity contribution in [1.29, 1.82) is 0 Å². The van der Waals surface area contributed by atoms with Gasteiger partial charge in [0.2, 0.25) is 0 Å². The first-order chi connectivity index (χ1) is 13.8. The lowest BCUT2D eigenvalue weighted by Crippen LogP contribution is -2.34. The number of aromatic nitrogens is 1. The standard InChI is InChI=1S/C23H27N3O2/c1-3-20-21(5-4-6-22(20)27-2)26-23-14-17-13-19(8-7-16(17)15-25-23)28-18-9-11-24-12-10-18/h4-8,13-15,18,24H,3,9-12H2,1-2H3,(H,25,26). The first-order valence-electron chi connectivity index (χ1n) is 9.97. The van der Waals surface area contributed by atoms with E-state index in [1.807, 2.05) is 24.4 Å². The third-order valence-corrected chi connectivity index (χ3v) is 5.25. The summed E-state index contributed by atoms with van der Waals surface area (Å²) < 4.78 is 11.7. The van der Waals surface area contributed by atoms with Crippen molar-refractivity contribution < 1.29 is 9.47 Å². The van der Waals surface area contributed by atoms with Gasteiger partial charge in [0.05, 0.1) is 7.11 Å². The van der Waals surface area contributed by atoms with Gasteiger partial charge in [0.25, 0.3) is 0 Å².